The van der Waals surface area contributed by atoms with Crippen LogP contribution >= 0.6 is 15.9 Å². The van der Waals surface area contributed by atoms with Gasteiger partial charge in [-0.3, -0.25) is 14.6 Å². The van der Waals surface area contributed by atoms with E-state index in [0.29, 0.717) is 30.1 Å². The average molecular weight is 579 g/mol. The number of fused-ring (bicyclic) bond motifs is 1. The van der Waals surface area contributed by atoms with Gasteiger partial charge in [0.25, 0.3) is 5.91 Å². The SMILES string of the molecule is CCCN(OCC)C(=O)C1=Cc2ncc(Br)cc2N=C([NH-])C1.[Pd].[Pd]. The summed E-state index contributed by atoms with van der Waals surface area (Å²) in [5, 5.41) is 1.35. The number of rotatable bonds is 5. The molecular formula is C15H18BrN4O2Pd2-. The second-order valence-corrected chi connectivity index (χ2v) is 5.70. The molecule has 0 saturated carbocycles. The largest absolute Gasteiger partial charge is 0.485 e. The molecule has 6 nitrogen and oxygen atoms in total. The van der Waals surface area contributed by atoms with E-state index in [1.54, 1.807) is 18.3 Å². The molecule has 0 saturated heterocycles. The molecule has 1 aliphatic rings. The number of aromatic nitrogens is 1. The first-order valence-corrected chi connectivity index (χ1v) is 7.94. The first-order valence-electron chi connectivity index (χ1n) is 7.15. The first kappa shape index (κ1) is 23.6. The molecule has 2 heterocycles. The fourth-order valence-electron chi connectivity index (χ4n) is 2.10. The second kappa shape index (κ2) is 11.3. The number of aliphatic imine (C=N–C) groups is 1. The summed E-state index contributed by atoms with van der Waals surface area (Å²) in [5.41, 5.74) is 9.57. The maximum atomic E-state index is 12.6. The molecule has 24 heavy (non-hydrogen) atoms. The van der Waals surface area contributed by atoms with Gasteiger partial charge in [0.15, 0.2) is 0 Å². The van der Waals surface area contributed by atoms with E-state index < -0.39 is 0 Å². The molecular weight excluding hydrogens is 561 g/mol. The van der Waals surface area contributed by atoms with Gasteiger partial charge >= 0.3 is 0 Å². The van der Waals surface area contributed by atoms with Crippen molar-refractivity contribution < 1.29 is 50.5 Å². The van der Waals surface area contributed by atoms with Crippen molar-refractivity contribution >= 4 is 39.4 Å². The zero-order chi connectivity index (χ0) is 16.1. The summed E-state index contributed by atoms with van der Waals surface area (Å²) < 4.78 is 0.785. The van der Waals surface area contributed by atoms with Gasteiger partial charge in [0.05, 0.1) is 12.3 Å². The summed E-state index contributed by atoms with van der Waals surface area (Å²) in [6.07, 6.45) is 4.30. The van der Waals surface area contributed by atoms with Crippen molar-refractivity contribution in [2.75, 3.05) is 13.2 Å². The van der Waals surface area contributed by atoms with Crippen LogP contribution in [-0.2, 0) is 50.5 Å². The minimum Gasteiger partial charge on any atom is -0.485 e. The number of nitrogens with one attached hydrogen (secondary N) is 1. The fourth-order valence-corrected chi connectivity index (χ4v) is 2.42. The van der Waals surface area contributed by atoms with Gasteiger partial charge in [0, 0.05) is 63.6 Å². The number of amides is 1. The van der Waals surface area contributed by atoms with Crippen molar-refractivity contribution in [2.24, 2.45) is 4.99 Å². The van der Waals surface area contributed by atoms with E-state index in [4.69, 9.17) is 10.6 Å². The van der Waals surface area contributed by atoms with Crippen molar-refractivity contribution in [1.82, 2.24) is 10.0 Å². The van der Waals surface area contributed by atoms with Gasteiger partial charge in [-0.2, -0.15) is 0 Å². The van der Waals surface area contributed by atoms with Gasteiger partial charge in [-0.05, 0) is 53.5 Å². The molecule has 1 amide bonds. The van der Waals surface area contributed by atoms with Crippen LogP contribution in [0, 0.1) is 0 Å². The average Bonchev–Trinajstić information content (AvgIpc) is 2.64. The molecule has 0 bridgehead atoms. The second-order valence-electron chi connectivity index (χ2n) is 4.79. The van der Waals surface area contributed by atoms with Crippen LogP contribution in [0.4, 0.5) is 5.69 Å². The van der Waals surface area contributed by atoms with Gasteiger partial charge in [0.2, 0.25) is 0 Å². The Hall–Kier alpha value is -0.405. The zero-order valence-corrected chi connectivity index (χ0v) is 17.9. The Kier molecular flexibility index (Phi) is 11.1. The van der Waals surface area contributed by atoms with Crippen molar-refractivity contribution in [3.05, 3.63) is 33.7 Å². The molecule has 0 unspecified atom stereocenters. The smallest absolute Gasteiger partial charge is 0.273 e. The van der Waals surface area contributed by atoms with Crippen LogP contribution in [0.3, 0.4) is 0 Å². The van der Waals surface area contributed by atoms with Crippen LogP contribution in [0.2, 0.25) is 0 Å². The van der Waals surface area contributed by atoms with E-state index in [-0.39, 0.29) is 59.0 Å². The molecule has 0 aliphatic carbocycles. The minimum atomic E-state index is -0.235. The summed E-state index contributed by atoms with van der Waals surface area (Å²) in [5.74, 6) is -0.104. The Morgan fingerprint density at radius 2 is 2.12 bits per heavy atom. The fraction of sp³-hybridized carbons (Fsp3) is 0.400. The van der Waals surface area contributed by atoms with Crippen LogP contribution in [0.25, 0.3) is 11.8 Å². The Labute approximate surface area is 177 Å². The van der Waals surface area contributed by atoms with Crippen molar-refractivity contribution in [3.63, 3.8) is 0 Å². The Balaban J connectivity index is 0.00000264. The van der Waals surface area contributed by atoms with E-state index in [0.717, 1.165) is 10.9 Å². The number of carbonyl (C=O) groups is 1. The summed E-state index contributed by atoms with van der Waals surface area (Å²) in [6, 6.07) is 1.78. The topological polar surface area (TPSA) is 78.6 Å². The molecule has 0 atom stereocenters. The molecule has 0 aromatic carbocycles. The van der Waals surface area contributed by atoms with Gasteiger partial charge in [-0.25, -0.2) is 5.06 Å². The van der Waals surface area contributed by atoms with Crippen molar-refractivity contribution in [3.8, 4) is 0 Å². The molecule has 138 valence electrons. The molecule has 9 heteroatoms. The van der Waals surface area contributed by atoms with Crippen LogP contribution < -0.4 is 0 Å². The first-order chi connectivity index (χ1) is 10.5. The maximum absolute atomic E-state index is 12.6. The third-order valence-electron chi connectivity index (χ3n) is 3.00. The van der Waals surface area contributed by atoms with Crippen LogP contribution in [0.1, 0.15) is 32.4 Å². The summed E-state index contributed by atoms with van der Waals surface area (Å²) >= 11 is 3.34. The molecule has 2 rings (SSSR count). The van der Waals surface area contributed by atoms with Gasteiger partial charge in [0.1, 0.15) is 0 Å². The molecule has 1 aromatic rings. The predicted molar refractivity (Wildman–Crippen MR) is 89.6 cm³/mol. The van der Waals surface area contributed by atoms with E-state index in [1.807, 2.05) is 13.8 Å². The molecule has 1 aliphatic heterocycles. The molecule has 1 aromatic heterocycles. The third-order valence-corrected chi connectivity index (χ3v) is 3.43. The van der Waals surface area contributed by atoms with Gasteiger partial charge < -0.3 is 10.7 Å². The normalized spacial score (nSPS) is 12.6. The molecule has 0 spiro atoms. The van der Waals surface area contributed by atoms with Crippen molar-refractivity contribution in [2.45, 2.75) is 26.7 Å². The number of carbonyl (C=O) groups excluding carboxylic acids is 1. The summed E-state index contributed by atoms with van der Waals surface area (Å²) in [4.78, 5) is 26.5. The van der Waals surface area contributed by atoms with Crippen LogP contribution in [0.15, 0.2) is 27.3 Å². The number of amidine groups is 1. The van der Waals surface area contributed by atoms with E-state index in [1.165, 1.54) is 5.06 Å². The molecule has 0 radical (unpaired) electrons. The van der Waals surface area contributed by atoms with E-state index in [9.17, 15) is 4.79 Å². The Morgan fingerprint density at radius 1 is 1.42 bits per heavy atom. The Morgan fingerprint density at radius 3 is 2.75 bits per heavy atom. The summed E-state index contributed by atoms with van der Waals surface area (Å²) in [6.45, 7) is 4.74. The predicted octanol–water partition coefficient (Wildman–Crippen LogP) is 3.90. The number of nitrogens with zero attached hydrogens (tertiary/aromatic N) is 3. The van der Waals surface area contributed by atoms with Crippen LogP contribution in [-0.4, -0.2) is 34.9 Å². The quantitative estimate of drug-likeness (QED) is 0.393. The number of hydrogen-bond acceptors (Lipinski definition) is 4. The summed E-state index contributed by atoms with van der Waals surface area (Å²) in [7, 11) is 0. The van der Waals surface area contributed by atoms with Gasteiger partial charge in [-0.1, -0.05) is 12.8 Å². The zero-order valence-electron chi connectivity index (χ0n) is 13.2. The third kappa shape index (κ3) is 6.15. The monoisotopic (exact) mass is 577 g/mol. The Bertz CT molecular complexity index is 632. The number of pyridine rings is 1. The number of hydroxylamine groups is 2. The van der Waals surface area contributed by atoms with Crippen molar-refractivity contribution in [1.29, 1.82) is 0 Å². The number of hydrogen-bond donors (Lipinski definition) is 0. The maximum Gasteiger partial charge on any atom is 0.273 e. The van der Waals surface area contributed by atoms with Crippen LogP contribution in [0.5, 0.6) is 0 Å². The minimum absolute atomic E-state index is 0. The molecule has 1 N–H and O–H groups in total. The standard InChI is InChI=1S/C15H19BrN4O2.2Pd/c1-3-5-20(22-4-2)15(21)10-6-12-13(19-14(17)7-10)8-11(16)9-18-12;;/h6,8-9H,3-5,7H2,1-2H3,(H2,17,19,21);;/p-1. The molecule has 0 fully saturated rings. The number of halogens is 1. The van der Waals surface area contributed by atoms with E-state index in [2.05, 4.69) is 25.9 Å². The van der Waals surface area contributed by atoms with E-state index >= 15 is 0 Å². The van der Waals surface area contributed by atoms with Gasteiger partial charge in [-0.15, -0.1) is 0 Å².